The summed E-state index contributed by atoms with van der Waals surface area (Å²) in [6, 6.07) is 11.9. The van der Waals surface area contributed by atoms with Crippen molar-refractivity contribution >= 4 is 38.5 Å². The number of aromatic nitrogens is 2. The van der Waals surface area contributed by atoms with Gasteiger partial charge in [0.25, 0.3) is 0 Å². The molecule has 0 aliphatic heterocycles. The van der Waals surface area contributed by atoms with E-state index < -0.39 is 6.10 Å². The molecule has 0 saturated carbocycles. The van der Waals surface area contributed by atoms with E-state index in [1.807, 2.05) is 31.5 Å². The van der Waals surface area contributed by atoms with E-state index in [-0.39, 0.29) is 6.54 Å². The Bertz CT molecular complexity index is 915. The molecule has 24 heavy (non-hydrogen) atoms. The number of aliphatic hydroxyl groups excluding tert-OH is 1. The fourth-order valence-electron chi connectivity index (χ4n) is 2.26. The van der Waals surface area contributed by atoms with Crippen LogP contribution in [0, 0.1) is 0 Å². The monoisotopic (exact) mass is 358 g/mol. The molecular weight excluding hydrogens is 340 g/mol. The number of pyridine rings is 1. The summed E-state index contributed by atoms with van der Waals surface area (Å²) in [5, 5.41) is 10.9. The standard InChI is InChI=1S/C17H18N4OS2/c1-21-13-7-3-4-8-15(13)24-17(21)20-16(23-2)19-11-14(22)12-6-5-9-18-10-12/h3-10,14,22H,11H2,1-2H3/b19-16?,20-17-. The molecular formula is C17H18N4OS2. The van der Waals surface area contributed by atoms with Crippen molar-refractivity contribution in [3.8, 4) is 0 Å². The molecule has 1 aromatic carbocycles. The Hall–Kier alpha value is -1.96. The molecule has 3 aromatic rings. The van der Waals surface area contributed by atoms with E-state index in [4.69, 9.17) is 0 Å². The lowest BCUT2D eigenvalue weighted by atomic mass is 10.2. The zero-order valence-corrected chi connectivity index (χ0v) is 15.1. The molecule has 124 valence electrons. The summed E-state index contributed by atoms with van der Waals surface area (Å²) in [6.07, 6.45) is 4.60. The van der Waals surface area contributed by atoms with Crippen molar-refractivity contribution in [2.24, 2.45) is 17.0 Å². The van der Waals surface area contributed by atoms with E-state index in [1.165, 1.54) is 16.5 Å². The number of para-hydroxylation sites is 1. The Morgan fingerprint density at radius 2 is 2.17 bits per heavy atom. The van der Waals surface area contributed by atoms with Crippen molar-refractivity contribution in [2.45, 2.75) is 6.10 Å². The Morgan fingerprint density at radius 1 is 1.33 bits per heavy atom. The van der Waals surface area contributed by atoms with Crippen LogP contribution in [0.1, 0.15) is 11.7 Å². The fourth-order valence-corrected chi connectivity index (χ4v) is 3.72. The molecule has 3 rings (SSSR count). The number of hydrogen-bond acceptors (Lipinski definition) is 5. The predicted molar refractivity (Wildman–Crippen MR) is 101 cm³/mol. The van der Waals surface area contributed by atoms with Crippen molar-refractivity contribution in [1.29, 1.82) is 0 Å². The number of fused-ring (bicyclic) bond motifs is 1. The van der Waals surface area contributed by atoms with E-state index in [9.17, 15) is 5.11 Å². The van der Waals surface area contributed by atoms with Crippen LogP contribution in [0.4, 0.5) is 0 Å². The molecule has 0 aliphatic rings. The number of aryl methyl sites for hydroxylation is 1. The first-order chi connectivity index (χ1) is 11.7. The highest BCUT2D eigenvalue weighted by Crippen LogP contribution is 2.16. The molecule has 0 saturated heterocycles. The lowest BCUT2D eigenvalue weighted by Crippen LogP contribution is -2.12. The summed E-state index contributed by atoms with van der Waals surface area (Å²) >= 11 is 3.10. The highest BCUT2D eigenvalue weighted by molar-refractivity contribution is 8.13. The van der Waals surface area contributed by atoms with Gasteiger partial charge in [0.05, 0.1) is 16.8 Å². The van der Waals surface area contributed by atoms with Crippen molar-refractivity contribution in [3.63, 3.8) is 0 Å². The Labute approximate surface area is 148 Å². The third-order valence-electron chi connectivity index (χ3n) is 3.56. The third kappa shape index (κ3) is 3.75. The molecule has 1 unspecified atom stereocenters. The van der Waals surface area contributed by atoms with Gasteiger partial charge in [-0.05, 0) is 24.5 Å². The average Bonchev–Trinajstić information content (AvgIpc) is 2.95. The van der Waals surface area contributed by atoms with Gasteiger partial charge in [0.1, 0.15) is 6.10 Å². The van der Waals surface area contributed by atoms with Gasteiger partial charge in [-0.2, -0.15) is 4.99 Å². The summed E-state index contributed by atoms with van der Waals surface area (Å²) in [7, 11) is 2.00. The number of aliphatic hydroxyl groups is 1. The van der Waals surface area contributed by atoms with Gasteiger partial charge >= 0.3 is 0 Å². The maximum atomic E-state index is 10.2. The number of nitrogens with zero attached hydrogens (tertiary/aromatic N) is 4. The molecule has 2 aromatic heterocycles. The number of thiazole rings is 1. The number of thioether (sulfide) groups is 1. The van der Waals surface area contributed by atoms with Gasteiger partial charge in [0, 0.05) is 25.0 Å². The lowest BCUT2D eigenvalue weighted by Gasteiger charge is -2.07. The molecule has 1 atom stereocenters. The molecule has 7 heteroatoms. The molecule has 1 N–H and O–H groups in total. The van der Waals surface area contributed by atoms with Gasteiger partial charge in [0.2, 0.25) is 0 Å². The fraction of sp³-hybridized carbons (Fsp3) is 0.235. The first kappa shape index (κ1) is 16.9. The number of amidine groups is 1. The van der Waals surface area contributed by atoms with Crippen molar-refractivity contribution in [3.05, 3.63) is 59.2 Å². The van der Waals surface area contributed by atoms with Gasteiger partial charge in [-0.3, -0.25) is 9.98 Å². The minimum atomic E-state index is -0.674. The highest BCUT2D eigenvalue weighted by Gasteiger charge is 2.07. The van der Waals surface area contributed by atoms with Crippen LogP contribution in [-0.4, -0.2) is 32.6 Å². The summed E-state index contributed by atoms with van der Waals surface area (Å²) in [6.45, 7) is 0.264. The van der Waals surface area contributed by atoms with Gasteiger partial charge in [-0.15, -0.1) is 0 Å². The molecule has 0 radical (unpaired) electrons. The molecule has 0 bridgehead atoms. The van der Waals surface area contributed by atoms with E-state index in [1.54, 1.807) is 29.8 Å². The van der Waals surface area contributed by atoms with Crippen LogP contribution in [0.2, 0.25) is 0 Å². The zero-order valence-electron chi connectivity index (χ0n) is 13.5. The second-order valence-corrected chi connectivity index (χ2v) is 6.94. The maximum absolute atomic E-state index is 10.2. The molecule has 2 heterocycles. The second-order valence-electron chi connectivity index (χ2n) is 5.15. The first-order valence-electron chi connectivity index (χ1n) is 7.44. The third-order valence-corrected chi connectivity index (χ3v) is 5.26. The highest BCUT2D eigenvalue weighted by atomic mass is 32.2. The maximum Gasteiger partial charge on any atom is 0.192 e. The molecule has 0 amide bonds. The topological polar surface area (TPSA) is 62.8 Å². The summed E-state index contributed by atoms with van der Waals surface area (Å²) < 4.78 is 3.25. The van der Waals surface area contributed by atoms with Crippen LogP contribution >= 0.6 is 23.1 Å². The van der Waals surface area contributed by atoms with E-state index in [0.29, 0.717) is 5.17 Å². The number of aliphatic imine (C=N–C) groups is 1. The van der Waals surface area contributed by atoms with Gasteiger partial charge in [0.15, 0.2) is 9.97 Å². The van der Waals surface area contributed by atoms with Crippen LogP contribution in [-0.2, 0) is 7.05 Å². The Kier molecular flexibility index (Phi) is 5.44. The Morgan fingerprint density at radius 3 is 2.88 bits per heavy atom. The summed E-state index contributed by atoms with van der Waals surface area (Å²) in [5.74, 6) is 0. The zero-order chi connectivity index (χ0) is 16.9. The first-order valence-corrected chi connectivity index (χ1v) is 9.49. The van der Waals surface area contributed by atoms with Gasteiger partial charge in [-0.1, -0.05) is 41.3 Å². The van der Waals surface area contributed by atoms with Crippen LogP contribution in [0.15, 0.2) is 58.8 Å². The number of hydrogen-bond donors (Lipinski definition) is 1. The van der Waals surface area contributed by atoms with Crippen LogP contribution in [0.3, 0.4) is 0 Å². The minimum Gasteiger partial charge on any atom is -0.386 e. The Balaban J connectivity index is 1.86. The largest absolute Gasteiger partial charge is 0.386 e. The molecule has 0 fully saturated rings. The quantitative estimate of drug-likeness (QED) is 0.578. The smallest absolute Gasteiger partial charge is 0.192 e. The lowest BCUT2D eigenvalue weighted by molar-refractivity contribution is 0.187. The van der Waals surface area contributed by atoms with Crippen LogP contribution in [0.25, 0.3) is 10.2 Å². The van der Waals surface area contributed by atoms with E-state index >= 15 is 0 Å². The van der Waals surface area contributed by atoms with E-state index in [0.717, 1.165) is 15.9 Å². The summed E-state index contributed by atoms with van der Waals surface area (Å²) in [5.41, 5.74) is 1.91. The molecule has 5 nitrogen and oxygen atoms in total. The number of rotatable bonds is 3. The minimum absolute atomic E-state index is 0.264. The van der Waals surface area contributed by atoms with Gasteiger partial charge in [-0.25, -0.2) is 0 Å². The number of benzene rings is 1. The van der Waals surface area contributed by atoms with Crippen molar-refractivity contribution in [2.75, 3.05) is 12.8 Å². The normalized spacial score (nSPS) is 14.3. The van der Waals surface area contributed by atoms with E-state index in [2.05, 4.69) is 31.7 Å². The second kappa shape index (κ2) is 7.74. The van der Waals surface area contributed by atoms with Crippen LogP contribution < -0.4 is 4.80 Å². The van der Waals surface area contributed by atoms with Crippen molar-refractivity contribution < 1.29 is 5.11 Å². The van der Waals surface area contributed by atoms with Gasteiger partial charge < -0.3 is 9.67 Å². The summed E-state index contributed by atoms with van der Waals surface area (Å²) in [4.78, 5) is 14.0. The average molecular weight is 358 g/mol. The van der Waals surface area contributed by atoms with Crippen LogP contribution in [0.5, 0.6) is 0 Å². The molecule has 0 aliphatic carbocycles. The van der Waals surface area contributed by atoms with Crippen molar-refractivity contribution in [1.82, 2.24) is 9.55 Å². The predicted octanol–water partition coefficient (Wildman–Crippen LogP) is 2.99. The molecule has 0 spiro atoms. The SMILES string of the molecule is CSC(=NCC(O)c1cccnc1)/N=c1\sc2ccccc2n1C.